The highest BCUT2D eigenvalue weighted by atomic mass is 32.2. The van der Waals surface area contributed by atoms with E-state index in [4.69, 9.17) is 9.47 Å². The van der Waals surface area contributed by atoms with Gasteiger partial charge in [-0.15, -0.1) is 4.83 Å². The molecule has 0 aliphatic carbocycles. The lowest BCUT2D eigenvalue weighted by molar-refractivity contribution is -0.139. The standard InChI is InChI=1S/C28H38N4O7S/c1-18-19(2)25(20(3)22-13-14-28(4,5)39-24(18)22)40(36,37)32-30-17-29-15-9-12-23(26(33)34)31-27(35)38-16-21-10-7-6-8-11-21/h6-8,10-11,17,23,32H,9,12-16H2,1-5H3,(H,29,30)(H,31,35)(H,33,34)/t23-/m0/s1. The number of benzene rings is 2. The highest BCUT2D eigenvalue weighted by Gasteiger charge is 2.33. The van der Waals surface area contributed by atoms with Gasteiger partial charge in [-0.1, -0.05) is 30.3 Å². The van der Waals surface area contributed by atoms with Crippen molar-refractivity contribution in [2.75, 3.05) is 6.54 Å². The number of aliphatic imine (C=N–C) groups is 1. The number of ether oxygens (including phenoxy) is 2. The van der Waals surface area contributed by atoms with Crippen molar-refractivity contribution in [3.63, 3.8) is 0 Å². The van der Waals surface area contributed by atoms with E-state index in [0.29, 0.717) is 17.5 Å². The number of rotatable bonds is 12. The summed E-state index contributed by atoms with van der Waals surface area (Å²) in [5.74, 6) is -0.426. The average molecular weight is 575 g/mol. The van der Waals surface area contributed by atoms with Crippen LogP contribution < -0.4 is 20.3 Å². The van der Waals surface area contributed by atoms with Crippen LogP contribution in [0.4, 0.5) is 4.79 Å². The van der Waals surface area contributed by atoms with Gasteiger partial charge in [0.05, 0.1) is 11.2 Å². The summed E-state index contributed by atoms with van der Waals surface area (Å²) in [6.07, 6.45) is 2.34. The molecule has 218 valence electrons. The third kappa shape index (κ3) is 7.95. The Kier molecular flexibility index (Phi) is 10.2. The number of carbonyl (C=O) groups is 2. The molecule has 0 aromatic heterocycles. The summed E-state index contributed by atoms with van der Waals surface area (Å²) in [6, 6.07) is 7.90. The van der Waals surface area contributed by atoms with Crippen LogP contribution in [0.2, 0.25) is 0 Å². The lowest BCUT2D eigenvalue weighted by Crippen LogP contribution is -2.41. The van der Waals surface area contributed by atoms with Crippen molar-refractivity contribution in [1.82, 2.24) is 15.6 Å². The zero-order chi connectivity index (χ0) is 29.5. The predicted octanol–water partition coefficient (Wildman–Crippen LogP) is 3.69. The number of nitrogens with zero attached hydrogens (tertiary/aromatic N) is 1. The third-order valence-corrected chi connectivity index (χ3v) is 8.40. The van der Waals surface area contributed by atoms with E-state index in [1.54, 1.807) is 26.0 Å². The molecule has 12 heteroatoms. The Morgan fingerprint density at radius 1 is 1.15 bits per heavy atom. The first-order valence-corrected chi connectivity index (χ1v) is 14.6. The molecule has 3 rings (SSSR count). The molecule has 1 heterocycles. The van der Waals surface area contributed by atoms with Crippen molar-refractivity contribution in [2.45, 2.75) is 83.4 Å². The summed E-state index contributed by atoms with van der Waals surface area (Å²) in [4.78, 5) is 30.1. The van der Waals surface area contributed by atoms with E-state index >= 15 is 0 Å². The molecule has 1 aliphatic heterocycles. The Bertz CT molecular complexity index is 1360. The number of carboxylic acid groups (broad SMARTS) is 1. The summed E-state index contributed by atoms with van der Waals surface area (Å²) in [5.41, 5.74) is 5.96. The second-order valence-corrected chi connectivity index (χ2v) is 12.0. The first-order chi connectivity index (χ1) is 18.8. The van der Waals surface area contributed by atoms with Gasteiger partial charge in [0, 0.05) is 6.54 Å². The van der Waals surface area contributed by atoms with E-state index in [1.807, 2.05) is 39.0 Å². The first kappa shape index (κ1) is 30.9. The molecule has 0 radical (unpaired) electrons. The van der Waals surface area contributed by atoms with Crippen LogP contribution in [0.15, 0.2) is 40.2 Å². The van der Waals surface area contributed by atoms with Crippen LogP contribution in [-0.4, -0.2) is 50.1 Å². The van der Waals surface area contributed by atoms with Crippen LogP contribution in [0.25, 0.3) is 0 Å². The SMILES string of the molecule is Cc1c(C)c(S(=O)(=O)NNC=NCCC[C@H](NC(=O)OCc2ccccc2)C(=O)O)c(C)c2c1OC(C)(C)CC2. The van der Waals surface area contributed by atoms with Crippen LogP contribution in [0.1, 0.15) is 60.9 Å². The monoisotopic (exact) mass is 574 g/mol. The molecule has 4 N–H and O–H groups in total. The molecule has 2 aromatic rings. The first-order valence-electron chi connectivity index (χ1n) is 13.1. The number of nitrogens with one attached hydrogen (secondary N) is 3. The number of carboxylic acids is 1. The summed E-state index contributed by atoms with van der Waals surface area (Å²) < 4.78 is 37.5. The lowest BCUT2D eigenvalue weighted by Gasteiger charge is -2.35. The fraction of sp³-hybridized carbons (Fsp3) is 0.464. The number of amides is 1. The maximum atomic E-state index is 13.1. The molecule has 0 fully saturated rings. The Hall–Kier alpha value is -3.64. The number of carbonyl (C=O) groups excluding carboxylic acids is 1. The van der Waals surface area contributed by atoms with E-state index in [1.165, 1.54) is 6.34 Å². The highest BCUT2D eigenvalue weighted by Crippen LogP contribution is 2.42. The molecule has 11 nitrogen and oxygen atoms in total. The maximum Gasteiger partial charge on any atom is 0.408 e. The summed E-state index contributed by atoms with van der Waals surface area (Å²) in [7, 11) is -3.91. The van der Waals surface area contributed by atoms with Crippen LogP contribution in [-0.2, 0) is 32.6 Å². The van der Waals surface area contributed by atoms with Crippen LogP contribution in [0, 0.1) is 20.8 Å². The molecule has 0 saturated carbocycles. The van der Waals surface area contributed by atoms with Crippen molar-refractivity contribution in [2.24, 2.45) is 4.99 Å². The van der Waals surface area contributed by atoms with Gasteiger partial charge >= 0.3 is 12.1 Å². The van der Waals surface area contributed by atoms with Gasteiger partial charge in [0.25, 0.3) is 10.0 Å². The normalized spacial score (nSPS) is 15.1. The maximum absolute atomic E-state index is 13.1. The van der Waals surface area contributed by atoms with Crippen LogP contribution in [0.5, 0.6) is 5.75 Å². The van der Waals surface area contributed by atoms with Gasteiger partial charge in [-0.2, -0.15) is 0 Å². The molecule has 0 spiro atoms. The third-order valence-electron chi connectivity index (χ3n) is 6.87. The van der Waals surface area contributed by atoms with Gasteiger partial charge in [0.15, 0.2) is 0 Å². The molecule has 0 saturated heterocycles. The number of hydrogen-bond acceptors (Lipinski definition) is 7. The number of sulfonamides is 1. The molecule has 0 unspecified atom stereocenters. The molecule has 0 bridgehead atoms. The fourth-order valence-corrected chi connectivity index (χ4v) is 5.96. The van der Waals surface area contributed by atoms with E-state index in [0.717, 1.165) is 35.3 Å². The molecule has 1 atom stereocenters. The lowest BCUT2D eigenvalue weighted by atomic mass is 9.88. The minimum absolute atomic E-state index is 0.0287. The van der Waals surface area contributed by atoms with Crippen LogP contribution in [0.3, 0.4) is 0 Å². The van der Waals surface area contributed by atoms with E-state index in [2.05, 4.69) is 20.6 Å². The van der Waals surface area contributed by atoms with Crippen molar-refractivity contribution < 1.29 is 32.6 Å². The van der Waals surface area contributed by atoms with Gasteiger partial charge in [0.1, 0.15) is 24.0 Å². The zero-order valence-electron chi connectivity index (χ0n) is 23.5. The van der Waals surface area contributed by atoms with Crippen molar-refractivity contribution in [1.29, 1.82) is 0 Å². The molecule has 1 aliphatic rings. The highest BCUT2D eigenvalue weighted by molar-refractivity contribution is 7.89. The second kappa shape index (κ2) is 13.1. The number of aliphatic carboxylic acids is 1. The minimum atomic E-state index is -3.91. The summed E-state index contributed by atoms with van der Waals surface area (Å²) >= 11 is 0. The summed E-state index contributed by atoms with van der Waals surface area (Å²) in [6.45, 7) is 9.71. The minimum Gasteiger partial charge on any atom is -0.487 e. The van der Waals surface area contributed by atoms with Gasteiger partial charge in [0.2, 0.25) is 0 Å². The van der Waals surface area contributed by atoms with Gasteiger partial charge in [-0.05, 0) is 88.1 Å². The Balaban J connectivity index is 1.49. The van der Waals surface area contributed by atoms with Crippen molar-refractivity contribution in [3.8, 4) is 5.75 Å². The van der Waals surface area contributed by atoms with E-state index in [9.17, 15) is 23.1 Å². The molecule has 1 amide bonds. The number of hydrazine groups is 1. The van der Waals surface area contributed by atoms with E-state index in [-0.39, 0.29) is 30.1 Å². The Morgan fingerprint density at radius 2 is 1.85 bits per heavy atom. The van der Waals surface area contributed by atoms with Crippen LogP contribution >= 0.6 is 0 Å². The van der Waals surface area contributed by atoms with Gasteiger partial charge in [-0.25, -0.2) is 18.0 Å². The van der Waals surface area contributed by atoms with Crippen molar-refractivity contribution >= 4 is 28.4 Å². The molecule has 40 heavy (non-hydrogen) atoms. The molecular weight excluding hydrogens is 536 g/mol. The summed E-state index contributed by atoms with van der Waals surface area (Å²) in [5, 5.41) is 11.7. The van der Waals surface area contributed by atoms with Gasteiger partial charge in [-0.3, -0.25) is 10.4 Å². The Labute approximate surface area is 235 Å². The smallest absolute Gasteiger partial charge is 0.408 e. The number of alkyl carbamates (subject to hydrolysis) is 1. The van der Waals surface area contributed by atoms with Gasteiger partial charge < -0.3 is 19.9 Å². The number of fused-ring (bicyclic) bond motifs is 1. The Morgan fingerprint density at radius 3 is 2.52 bits per heavy atom. The molecule has 2 aromatic carbocycles. The predicted molar refractivity (Wildman–Crippen MR) is 151 cm³/mol. The average Bonchev–Trinajstić information content (AvgIpc) is 2.89. The number of hydrogen-bond donors (Lipinski definition) is 4. The second-order valence-electron chi connectivity index (χ2n) is 10.4. The topological polar surface area (TPSA) is 155 Å². The van der Waals surface area contributed by atoms with E-state index < -0.39 is 28.1 Å². The quantitative estimate of drug-likeness (QED) is 0.129. The van der Waals surface area contributed by atoms with Crippen molar-refractivity contribution in [3.05, 3.63) is 58.1 Å². The molecular formula is C28H38N4O7S. The fourth-order valence-electron chi connectivity index (χ4n) is 4.57. The zero-order valence-corrected chi connectivity index (χ0v) is 24.4. The largest absolute Gasteiger partial charge is 0.487 e.